The number of nitrogens with one attached hydrogen (secondary N) is 2. The van der Waals surface area contributed by atoms with E-state index in [0.29, 0.717) is 5.69 Å². The smallest absolute Gasteiger partial charge is 0.261 e. The highest BCUT2D eigenvalue weighted by Gasteiger charge is 2.16. The van der Waals surface area contributed by atoms with Gasteiger partial charge in [0.1, 0.15) is 0 Å². The highest BCUT2D eigenvalue weighted by atomic mass is 35.5. The maximum atomic E-state index is 12.7. The van der Waals surface area contributed by atoms with Crippen LogP contribution in [-0.4, -0.2) is 14.3 Å². The monoisotopic (exact) mass is 522 g/mol. The molecule has 0 aromatic heterocycles. The Labute approximate surface area is 214 Å². The van der Waals surface area contributed by atoms with Crippen molar-refractivity contribution >= 4 is 50.7 Å². The number of hydrogen-bond acceptors (Lipinski definition) is 4. The summed E-state index contributed by atoms with van der Waals surface area (Å²) in [5.74, 6) is 0.443. The first kappa shape index (κ1) is 24.9. The lowest BCUT2D eigenvalue weighted by Crippen LogP contribution is -2.15. The molecule has 0 aliphatic rings. The van der Waals surface area contributed by atoms with Gasteiger partial charge in [0, 0.05) is 16.3 Å². The second-order valence-corrected chi connectivity index (χ2v) is 11.0. The number of sulfonamides is 1. The molecule has 0 bridgehead atoms. The molecule has 4 aromatic carbocycles. The van der Waals surface area contributed by atoms with Crippen molar-refractivity contribution in [3.05, 3.63) is 119 Å². The molecule has 0 radical (unpaired) electrons. The van der Waals surface area contributed by atoms with Crippen LogP contribution in [0.4, 0.5) is 11.4 Å². The Hall–Kier alpha value is -3.26. The van der Waals surface area contributed by atoms with Crippen molar-refractivity contribution in [2.45, 2.75) is 22.5 Å². The predicted molar refractivity (Wildman–Crippen MR) is 144 cm³/mol. The summed E-state index contributed by atoms with van der Waals surface area (Å²) < 4.78 is 27.7. The van der Waals surface area contributed by atoms with Crippen LogP contribution in [0.5, 0.6) is 0 Å². The highest BCUT2D eigenvalue weighted by molar-refractivity contribution is 7.98. The molecule has 0 heterocycles. The average Bonchev–Trinajstić information content (AvgIpc) is 2.84. The van der Waals surface area contributed by atoms with E-state index in [1.807, 2.05) is 49.4 Å². The maximum absolute atomic E-state index is 12.7. The molecule has 178 valence electrons. The zero-order chi connectivity index (χ0) is 24.8. The van der Waals surface area contributed by atoms with Crippen LogP contribution in [0.25, 0.3) is 0 Å². The van der Waals surface area contributed by atoms with Crippen LogP contribution in [0.3, 0.4) is 0 Å². The standard InChI is InChI=1S/C27H23ClN2O3S2/c1-19-7-14-24(15-8-19)35(32,33)30-22-13-16-25(26(28)17-22)27(31)29-21-11-9-20(10-12-21)18-34-23-5-3-2-4-6-23/h2-17,30H,18H2,1H3,(H,29,31). The van der Waals surface area contributed by atoms with Gasteiger partial charge >= 0.3 is 0 Å². The molecular formula is C27H23ClN2O3S2. The summed E-state index contributed by atoms with van der Waals surface area (Å²) in [5, 5.41) is 2.97. The van der Waals surface area contributed by atoms with Gasteiger partial charge in [-0.2, -0.15) is 0 Å². The number of carbonyl (C=O) groups excluding carboxylic acids is 1. The lowest BCUT2D eigenvalue weighted by Gasteiger charge is -2.11. The summed E-state index contributed by atoms with van der Waals surface area (Å²) in [6.45, 7) is 1.88. The van der Waals surface area contributed by atoms with Gasteiger partial charge in [-0.15, -0.1) is 11.8 Å². The molecule has 4 rings (SSSR count). The molecule has 4 aromatic rings. The van der Waals surface area contributed by atoms with E-state index >= 15 is 0 Å². The van der Waals surface area contributed by atoms with Gasteiger partial charge in [0.25, 0.3) is 15.9 Å². The Morgan fingerprint density at radius 1 is 0.857 bits per heavy atom. The number of rotatable bonds is 8. The predicted octanol–water partition coefficient (Wildman–Crippen LogP) is 6.99. The quantitative estimate of drug-likeness (QED) is 0.244. The third-order valence-corrected chi connectivity index (χ3v) is 7.95. The number of anilines is 2. The molecule has 0 aliphatic carbocycles. The first-order chi connectivity index (χ1) is 16.8. The molecule has 0 fully saturated rings. The van der Waals surface area contributed by atoms with Gasteiger partial charge in [-0.3, -0.25) is 9.52 Å². The topological polar surface area (TPSA) is 75.3 Å². The number of halogens is 1. The van der Waals surface area contributed by atoms with Crippen molar-refractivity contribution in [2.24, 2.45) is 0 Å². The van der Waals surface area contributed by atoms with Gasteiger partial charge in [0.2, 0.25) is 0 Å². The van der Waals surface area contributed by atoms with Crippen molar-refractivity contribution in [2.75, 3.05) is 10.0 Å². The lowest BCUT2D eigenvalue weighted by molar-refractivity contribution is 0.102. The van der Waals surface area contributed by atoms with Crippen molar-refractivity contribution in [3.63, 3.8) is 0 Å². The van der Waals surface area contributed by atoms with Gasteiger partial charge in [0.15, 0.2) is 0 Å². The molecule has 0 aliphatic heterocycles. The fraction of sp³-hybridized carbons (Fsp3) is 0.0741. The van der Waals surface area contributed by atoms with Crippen molar-refractivity contribution in [1.82, 2.24) is 0 Å². The molecule has 0 spiro atoms. The summed E-state index contributed by atoms with van der Waals surface area (Å²) >= 11 is 8.06. The molecule has 5 nitrogen and oxygen atoms in total. The molecule has 2 N–H and O–H groups in total. The number of carbonyl (C=O) groups is 1. The molecule has 8 heteroatoms. The van der Waals surface area contributed by atoms with E-state index in [-0.39, 0.29) is 27.1 Å². The zero-order valence-corrected chi connectivity index (χ0v) is 21.3. The van der Waals surface area contributed by atoms with Gasteiger partial charge in [-0.25, -0.2) is 8.42 Å². The first-order valence-corrected chi connectivity index (χ1v) is 13.6. The molecule has 0 saturated heterocycles. The minimum atomic E-state index is -3.77. The largest absolute Gasteiger partial charge is 0.322 e. The Morgan fingerprint density at radius 3 is 2.17 bits per heavy atom. The molecule has 1 amide bonds. The van der Waals surface area contributed by atoms with Crippen molar-refractivity contribution in [3.8, 4) is 0 Å². The summed E-state index contributed by atoms with van der Waals surface area (Å²) in [7, 11) is -3.77. The average molecular weight is 523 g/mol. The van der Waals surface area contributed by atoms with Gasteiger partial charge in [0.05, 0.1) is 21.2 Å². The number of benzene rings is 4. The van der Waals surface area contributed by atoms with E-state index in [1.54, 1.807) is 23.9 Å². The number of thioether (sulfide) groups is 1. The van der Waals surface area contributed by atoms with Crippen LogP contribution in [0.15, 0.2) is 107 Å². The Morgan fingerprint density at radius 2 is 1.51 bits per heavy atom. The minimum Gasteiger partial charge on any atom is -0.322 e. The second kappa shape index (κ2) is 11.0. The van der Waals surface area contributed by atoms with Crippen LogP contribution >= 0.6 is 23.4 Å². The van der Waals surface area contributed by atoms with Crippen LogP contribution in [0.1, 0.15) is 21.5 Å². The fourth-order valence-corrected chi connectivity index (χ4v) is 5.45. The molecular weight excluding hydrogens is 500 g/mol. The minimum absolute atomic E-state index is 0.141. The zero-order valence-electron chi connectivity index (χ0n) is 18.9. The highest BCUT2D eigenvalue weighted by Crippen LogP contribution is 2.26. The van der Waals surface area contributed by atoms with Gasteiger partial charge < -0.3 is 5.32 Å². The van der Waals surface area contributed by atoms with E-state index in [9.17, 15) is 13.2 Å². The van der Waals surface area contributed by atoms with Crippen LogP contribution < -0.4 is 10.0 Å². The van der Waals surface area contributed by atoms with Crippen LogP contribution in [0.2, 0.25) is 5.02 Å². The summed E-state index contributed by atoms with van der Waals surface area (Å²) in [6, 6.07) is 28.7. The van der Waals surface area contributed by atoms with Gasteiger partial charge in [-0.1, -0.05) is 59.6 Å². The first-order valence-electron chi connectivity index (χ1n) is 10.8. The van der Waals surface area contributed by atoms with E-state index in [0.717, 1.165) is 16.9 Å². The third-order valence-electron chi connectivity index (χ3n) is 5.16. The molecule has 0 atom stereocenters. The SMILES string of the molecule is Cc1ccc(S(=O)(=O)Nc2ccc(C(=O)Nc3ccc(CSc4ccccc4)cc3)c(Cl)c2)cc1. The summed E-state index contributed by atoms with van der Waals surface area (Å²) in [4.78, 5) is 14.1. The lowest BCUT2D eigenvalue weighted by atomic mass is 10.1. The third kappa shape index (κ3) is 6.66. The number of hydrogen-bond donors (Lipinski definition) is 2. The van der Waals surface area contributed by atoms with Crippen molar-refractivity contribution < 1.29 is 13.2 Å². The van der Waals surface area contributed by atoms with Crippen molar-refractivity contribution in [1.29, 1.82) is 0 Å². The van der Waals surface area contributed by atoms with Crippen LogP contribution in [-0.2, 0) is 15.8 Å². The number of amides is 1. The van der Waals surface area contributed by atoms with Gasteiger partial charge in [-0.05, 0) is 67.1 Å². The fourth-order valence-electron chi connectivity index (χ4n) is 3.26. The Kier molecular flexibility index (Phi) is 7.80. The summed E-state index contributed by atoms with van der Waals surface area (Å²) in [5.41, 5.74) is 3.26. The molecule has 0 saturated carbocycles. The second-order valence-electron chi connectivity index (χ2n) is 7.87. The molecule has 0 unspecified atom stereocenters. The Bertz CT molecular complexity index is 1420. The Balaban J connectivity index is 1.38. The maximum Gasteiger partial charge on any atom is 0.261 e. The molecule has 35 heavy (non-hydrogen) atoms. The van der Waals surface area contributed by atoms with E-state index in [1.165, 1.54) is 35.2 Å². The summed E-state index contributed by atoms with van der Waals surface area (Å²) in [6.07, 6.45) is 0. The normalized spacial score (nSPS) is 11.1. The van der Waals surface area contributed by atoms with Crippen LogP contribution in [0, 0.1) is 6.92 Å². The number of aryl methyl sites for hydroxylation is 1. The van der Waals surface area contributed by atoms with E-state index in [4.69, 9.17) is 11.6 Å². The van der Waals surface area contributed by atoms with E-state index < -0.39 is 10.0 Å². The van der Waals surface area contributed by atoms with E-state index in [2.05, 4.69) is 22.2 Å².